The van der Waals surface area contributed by atoms with Crippen LogP contribution in [0.1, 0.15) is 59.8 Å². The van der Waals surface area contributed by atoms with Gasteiger partial charge in [0.15, 0.2) is 0 Å². The van der Waals surface area contributed by atoms with Gasteiger partial charge in [0.05, 0.1) is 13.6 Å². The second-order valence-corrected chi connectivity index (χ2v) is 12.7. The normalized spacial score (nSPS) is 13.8. The van der Waals surface area contributed by atoms with Crippen LogP contribution in [0, 0.1) is 0 Å². The number of carbonyl (C=O) groups is 1. The van der Waals surface area contributed by atoms with Crippen molar-refractivity contribution in [2.24, 2.45) is 0 Å². The van der Waals surface area contributed by atoms with Crippen molar-refractivity contribution in [2.75, 3.05) is 0 Å². The Morgan fingerprint density at radius 1 is 1.10 bits per heavy atom. The van der Waals surface area contributed by atoms with Gasteiger partial charge in [0.1, 0.15) is 5.60 Å². The van der Waals surface area contributed by atoms with Crippen molar-refractivity contribution in [3.05, 3.63) is 23.4 Å². The van der Waals surface area contributed by atoms with E-state index in [0.29, 0.717) is 0 Å². The summed E-state index contributed by atoms with van der Waals surface area (Å²) in [6.07, 6.45) is 10.1. The van der Waals surface area contributed by atoms with Gasteiger partial charge in [-0.1, -0.05) is 63.7 Å². The molecule has 0 heterocycles. The van der Waals surface area contributed by atoms with E-state index in [9.17, 15) is 4.79 Å². The zero-order chi connectivity index (χ0) is 16.5. The third kappa shape index (κ3) is 12.6. The second kappa shape index (κ2) is 9.24. The van der Waals surface area contributed by atoms with Crippen LogP contribution in [0.5, 0.6) is 0 Å². The Labute approximate surface area is 132 Å². The monoisotopic (exact) mass is 310 g/mol. The third-order valence-electron chi connectivity index (χ3n) is 2.74. The lowest BCUT2D eigenvalue weighted by molar-refractivity contribution is -0.149. The van der Waals surface area contributed by atoms with Crippen molar-refractivity contribution in [3.63, 3.8) is 0 Å². The Morgan fingerprint density at radius 2 is 1.71 bits per heavy atom. The van der Waals surface area contributed by atoms with Gasteiger partial charge in [0.25, 0.3) is 0 Å². The molecule has 0 spiro atoms. The fourth-order valence-electron chi connectivity index (χ4n) is 1.88. The highest BCUT2D eigenvalue weighted by Crippen LogP contribution is 2.16. The highest BCUT2D eigenvalue weighted by molar-refractivity contribution is 6.81. The number of esters is 1. The summed E-state index contributed by atoms with van der Waals surface area (Å²) < 4.78 is 5.51. The van der Waals surface area contributed by atoms with Crippen LogP contribution in [-0.2, 0) is 9.53 Å². The molecule has 0 unspecified atom stereocenters. The van der Waals surface area contributed by atoms with Crippen LogP contribution >= 0.6 is 0 Å². The van der Waals surface area contributed by atoms with Crippen molar-refractivity contribution in [1.29, 1.82) is 0 Å². The molecule has 0 amide bonds. The van der Waals surface area contributed by atoms with Gasteiger partial charge >= 0.3 is 5.97 Å². The van der Waals surface area contributed by atoms with Crippen molar-refractivity contribution < 1.29 is 9.53 Å². The van der Waals surface area contributed by atoms with E-state index in [1.807, 2.05) is 26.8 Å². The minimum absolute atomic E-state index is 0.199. The molecule has 0 aliphatic carbocycles. The van der Waals surface area contributed by atoms with Gasteiger partial charge in [0, 0.05) is 0 Å². The SMILES string of the molecule is CCCCCCC=CC(=C[Si](C)(C)C)C(=O)OC(C)(C)C. The lowest BCUT2D eigenvalue weighted by Gasteiger charge is -2.21. The molecule has 0 bridgehead atoms. The lowest BCUT2D eigenvalue weighted by Crippen LogP contribution is -2.26. The van der Waals surface area contributed by atoms with Crippen LogP contribution in [0.2, 0.25) is 19.6 Å². The number of carbonyl (C=O) groups excluding carboxylic acids is 1. The number of rotatable bonds is 8. The molecule has 0 rings (SSSR count). The van der Waals surface area contributed by atoms with Crippen molar-refractivity contribution >= 4 is 14.0 Å². The molecule has 122 valence electrons. The molecule has 0 aromatic rings. The lowest BCUT2D eigenvalue weighted by atomic mass is 10.1. The van der Waals surface area contributed by atoms with Crippen LogP contribution < -0.4 is 0 Å². The maximum absolute atomic E-state index is 12.3. The summed E-state index contributed by atoms with van der Waals surface area (Å²) in [4.78, 5) is 12.3. The Balaban J connectivity index is 4.73. The topological polar surface area (TPSA) is 26.3 Å². The quantitative estimate of drug-likeness (QED) is 0.190. The van der Waals surface area contributed by atoms with E-state index in [1.54, 1.807) is 0 Å². The smallest absolute Gasteiger partial charge is 0.337 e. The zero-order valence-electron chi connectivity index (χ0n) is 15.1. The Morgan fingerprint density at radius 3 is 2.19 bits per heavy atom. The molecule has 0 saturated heterocycles. The van der Waals surface area contributed by atoms with E-state index >= 15 is 0 Å². The van der Waals surface area contributed by atoms with Crippen molar-refractivity contribution in [3.8, 4) is 0 Å². The predicted molar refractivity (Wildman–Crippen MR) is 95.2 cm³/mol. The van der Waals surface area contributed by atoms with Crippen molar-refractivity contribution in [1.82, 2.24) is 0 Å². The van der Waals surface area contributed by atoms with E-state index in [1.165, 1.54) is 25.7 Å². The van der Waals surface area contributed by atoms with Crippen LogP contribution in [-0.4, -0.2) is 19.6 Å². The van der Waals surface area contributed by atoms with Crippen LogP contribution in [0.25, 0.3) is 0 Å². The molecule has 3 heteroatoms. The first-order valence-electron chi connectivity index (χ1n) is 8.18. The third-order valence-corrected chi connectivity index (χ3v) is 3.92. The molecule has 2 nitrogen and oxygen atoms in total. The van der Waals surface area contributed by atoms with Crippen LogP contribution in [0.3, 0.4) is 0 Å². The molecule has 0 N–H and O–H groups in total. The zero-order valence-corrected chi connectivity index (χ0v) is 16.1. The van der Waals surface area contributed by atoms with E-state index in [-0.39, 0.29) is 5.97 Å². The standard InChI is InChI=1S/C18H34O2Si/c1-8-9-10-11-12-13-14-16(15-21(5,6)7)17(19)20-18(2,3)4/h13-15H,8-12H2,1-7H3. The van der Waals surface area contributed by atoms with Gasteiger partial charge in [-0.3, -0.25) is 0 Å². The summed E-state index contributed by atoms with van der Waals surface area (Å²) in [6.45, 7) is 14.6. The Hall–Kier alpha value is -0.833. The fourth-order valence-corrected chi connectivity index (χ4v) is 3.02. The fraction of sp³-hybridized carbons (Fsp3) is 0.722. The van der Waals surface area contributed by atoms with E-state index in [0.717, 1.165) is 12.0 Å². The van der Waals surface area contributed by atoms with Crippen LogP contribution in [0.4, 0.5) is 0 Å². The van der Waals surface area contributed by atoms with Gasteiger partial charge in [-0.05, 0) is 33.6 Å². The van der Waals surface area contributed by atoms with Gasteiger partial charge in [-0.15, -0.1) is 0 Å². The first kappa shape index (κ1) is 20.2. The molecule has 0 aromatic carbocycles. The number of unbranched alkanes of at least 4 members (excludes halogenated alkanes) is 4. The van der Waals surface area contributed by atoms with Gasteiger partial charge in [-0.2, -0.15) is 0 Å². The van der Waals surface area contributed by atoms with Gasteiger partial charge in [-0.25, -0.2) is 4.79 Å². The molecule has 0 aliphatic heterocycles. The molecule has 0 aliphatic rings. The molecule has 0 saturated carbocycles. The summed E-state index contributed by atoms with van der Waals surface area (Å²) >= 11 is 0. The number of allylic oxidation sites excluding steroid dienone is 1. The predicted octanol–water partition coefficient (Wildman–Crippen LogP) is 5.66. The van der Waals surface area contributed by atoms with Gasteiger partial charge in [0.2, 0.25) is 0 Å². The highest BCUT2D eigenvalue weighted by atomic mass is 28.3. The molecular weight excluding hydrogens is 276 g/mol. The van der Waals surface area contributed by atoms with E-state index in [4.69, 9.17) is 4.74 Å². The van der Waals surface area contributed by atoms with E-state index in [2.05, 4.69) is 38.3 Å². The number of hydrogen-bond acceptors (Lipinski definition) is 2. The first-order valence-corrected chi connectivity index (χ1v) is 11.8. The molecule has 21 heavy (non-hydrogen) atoms. The number of hydrogen-bond donors (Lipinski definition) is 0. The van der Waals surface area contributed by atoms with Gasteiger partial charge < -0.3 is 4.74 Å². The minimum atomic E-state index is -1.45. The van der Waals surface area contributed by atoms with Crippen molar-refractivity contribution in [2.45, 2.75) is 85.0 Å². The average molecular weight is 311 g/mol. The second-order valence-electron chi connectivity index (χ2n) is 7.72. The summed E-state index contributed by atoms with van der Waals surface area (Å²) in [5, 5.41) is 0. The molecule has 0 atom stereocenters. The minimum Gasteiger partial charge on any atom is -0.456 e. The summed E-state index contributed by atoms with van der Waals surface area (Å²) in [5.41, 5.74) is 2.41. The molecule has 0 aromatic heterocycles. The maximum atomic E-state index is 12.3. The molecule has 0 radical (unpaired) electrons. The number of ether oxygens (including phenoxy) is 1. The molecular formula is C18H34O2Si. The summed E-state index contributed by atoms with van der Waals surface area (Å²) in [6, 6.07) is 0. The van der Waals surface area contributed by atoms with E-state index < -0.39 is 13.7 Å². The molecule has 0 fully saturated rings. The Kier molecular flexibility index (Phi) is 8.87. The first-order chi connectivity index (χ1) is 9.55. The summed E-state index contributed by atoms with van der Waals surface area (Å²) in [7, 11) is -1.45. The average Bonchev–Trinajstić information content (AvgIpc) is 2.28. The maximum Gasteiger partial charge on any atom is 0.337 e. The summed E-state index contributed by atoms with van der Waals surface area (Å²) in [5.74, 6) is -0.199. The van der Waals surface area contributed by atoms with Crippen LogP contribution in [0.15, 0.2) is 23.4 Å². The highest BCUT2D eigenvalue weighted by Gasteiger charge is 2.20. The Bertz CT molecular complexity index is 368. The largest absolute Gasteiger partial charge is 0.456 e.